The highest BCUT2D eigenvalue weighted by atomic mass is 16.4. The highest BCUT2D eigenvalue weighted by Gasteiger charge is 2.39. The summed E-state index contributed by atoms with van der Waals surface area (Å²) < 4.78 is 0. The summed E-state index contributed by atoms with van der Waals surface area (Å²) in [5.41, 5.74) is 0. The monoisotopic (exact) mass is 183 g/mol. The Hall–Kier alpha value is -0.570. The fourth-order valence-electron chi connectivity index (χ4n) is 2.87. The molecule has 0 aromatic rings. The topological polar surface area (TPSA) is 40.5 Å². The molecule has 74 valence electrons. The highest BCUT2D eigenvalue weighted by molar-refractivity contribution is 5.67. The van der Waals surface area contributed by atoms with Crippen LogP contribution >= 0.6 is 0 Å². The maximum Gasteiger partial charge on any atom is 0.304 e. The van der Waals surface area contributed by atoms with E-state index in [0.717, 1.165) is 12.5 Å². The Morgan fingerprint density at radius 3 is 2.85 bits per heavy atom. The lowest BCUT2D eigenvalue weighted by atomic mass is 10.1. The predicted octanol–water partition coefficient (Wildman–Crippen LogP) is 1.33. The third kappa shape index (κ3) is 1.70. The first-order valence-electron chi connectivity index (χ1n) is 5.14. The van der Waals surface area contributed by atoms with Gasteiger partial charge in [0.15, 0.2) is 0 Å². The van der Waals surface area contributed by atoms with Crippen LogP contribution in [0.2, 0.25) is 0 Å². The molecule has 1 heterocycles. The number of fused-ring (bicyclic) bond motifs is 2. The zero-order valence-corrected chi connectivity index (χ0v) is 8.07. The van der Waals surface area contributed by atoms with Crippen LogP contribution in [0.15, 0.2) is 0 Å². The first-order chi connectivity index (χ1) is 6.16. The second-order valence-electron chi connectivity index (χ2n) is 4.48. The van der Waals surface area contributed by atoms with Gasteiger partial charge in [-0.3, -0.25) is 9.69 Å². The van der Waals surface area contributed by atoms with E-state index in [9.17, 15) is 4.79 Å². The van der Waals surface area contributed by atoms with Crippen LogP contribution in [0.25, 0.3) is 0 Å². The fourth-order valence-corrected chi connectivity index (χ4v) is 2.87. The molecule has 3 heteroatoms. The van der Waals surface area contributed by atoms with Gasteiger partial charge in [0, 0.05) is 18.6 Å². The summed E-state index contributed by atoms with van der Waals surface area (Å²) in [5.74, 6) is 0.191. The molecule has 0 amide bonds. The number of carbonyl (C=O) groups is 1. The molecule has 1 aliphatic carbocycles. The zero-order valence-electron chi connectivity index (χ0n) is 8.07. The quantitative estimate of drug-likeness (QED) is 0.717. The summed E-state index contributed by atoms with van der Waals surface area (Å²) in [7, 11) is 0. The summed E-state index contributed by atoms with van der Waals surface area (Å²) in [6.45, 7) is 3.17. The van der Waals surface area contributed by atoms with Crippen LogP contribution in [-0.2, 0) is 4.79 Å². The van der Waals surface area contributed by atoms with Gasteiger partial charge in [0.05, 0.1) is 6.42 Å². The number of aliphatic carboxylic acids is 1. The van der Waals surface area contributed by atoms with Crippen LogP contribution < -0.4 is 0 Å². The average Bonchev–Trinajstić information content (AvgIpc) is 2.62. The minimum absolute atomic E-state index is 0.229. The van der Waals surface area contributed by atoms with Crippen molar-refractivity contribution in [1.82, 2.24) is 4.90 Å². The van der Waals surface area contributed by atoms with Gasteiger partial charge in [-0.05, 0) is 32.1 Å². The van der Waals surface area contributed by atoms with Crippen molar-refractivity contribution in [2.45, 2.75) is 44.7 Å². The third-order valence-electron chi connectivity index (χ3n) is 3.49. The molecule has 13 heavy (non-hydrogen) atoms. The molecule has 0 aromatic carbocycles. The Balaban J connectivity index is 1.91. The number of carboxylic acid groups (broad SMARTS) is 1. The molecule has 3 unspecified atom stereocenters. The number of carboxylic acids is 1. The molecule has 0 radical (unpaired) electrons. The van der Waals surface area contributed by atoms with Crippen molar-refractivity contribution in [3.63, 3.8) is 0 Å². The van der Waals surface area contributed by atoms with Crippen LogP contribution in [0, 0.1) is 5.92 Å². The van der Waals surface area contributed by atoms with Gasteiger partial charge in [-0.15, -0.1) is 0 Å². The number of rotatable bonds is 3. The van der Waals surface area contributed by atoms with Gasteiger partial charge in [0.25, 0.3) is 0 Å². The zero-order chi connectivity index (χ0) is 9.42. The molecule has 3 nitrogen and oxygen atoms in total. The van der Waals surface area contributed by atoms with Crippen LogP contribution in [-0.4, -0.2) is 34.6 Å². The van der Waals surface area contributed by atoms with E-state index in [1.807, 2.05) is 6.92 Å². The van der Waals surface area contributed by atoms with Crippen molar-refractivity contribution in [3.8, 4) is 0 Å². The summed E-state index contributed by atoms with van der Waals surface area (Å²) in [5, 5.41) is 8.69. The maximum atomic E-state index is 10.5. The Morgan fingerprint density at radius 2 is 2.38 bits per heavy atom. The van der Waals surface area contributed by atoms with Crippen LogP contribution in [0.3, 0.4) is 0 Å². The number of likely N-dealkylation sites (tertiary alicyclic amines) is 1. The number of nitrogens with zero attached hydrogens (tertiary/aromatic N) is 1. The second-order valence-corrected chi connectivity index (χ2v) is 4.48. The van der Waals surface area contributed by atoms with E-state index in [4.69, 9.17) is 5.11 Å². The van der Waals surface area contributed by atoms with E-state index in [0.29, 0.717) is 12.5 Å². The molecule has 0 spiro atoms. The van der Waals surface area contributed by atoms with Gasteiger partial charge in [-0.25, -0.2) is 0 Å². The van der Waals surface area contributed by atoms with Crippen molar-refractivity contribution < 1.29 is 9.90 Å². The minimum Gasteiger partial charge on any atom is -0.481 e. The third-order valence-corrected chi connectivity index (χ3v) is 3.49. The van der Waals surface area contributed by atoms with Crippen molar-refractivity contribution in [1.29, 1.82) is 0 Å². The summed E-state index contributed by atoms with van der Waals surface area (Å²) >= 11 is 0. The van der Waals surface area contributed by atoms with Gasteiger partial charge in [-0.2, -0.15) is 0 Å². The lowest BCUT2D eigenvalue weighted by Crippen LogP contribution is -2.40. The Bertz CT molecular complexity index is 217. The maximum absolute atomic E-state index is 10.5. The first-order valence-corrected chi connectivity index (χ1v) is 5.14. The standard InChI is InChI=1S/C10H17NO2/c1-7(4-10(12)13)11-6-8-2-3-9(11)5-8/h7-9H,2-6H2,1H3,(H,12,13). The molecule has 1 N–H and O–H groups in total. The molecule has 1 saturated carbocycles. The molecule has 2 fully saturated rings. The minimum atomic E-state index is -0.671. The number of hydrogen-bond acceptors (Lipinski definition) is 2. The lowest BCUT2D eigenvalue weighted by Gasteiger charge is -2.31. The molecular weight excluding hydrogens is 166 g/mol. The smallest absolute Gasteiger partial charge is 0.304 e. The van der Waals surface area contributed by atoms with Gasteiger partial charge in [0.1, 0.15) is 0 Å². The molecule has 2 bridgehead atoms. The van der Waals surface area contributed by atoms with Crippen LogP contribution in [0.1, 0.15) is 32.6 Å². The second kappa shape index (κ2) is 3.29. The molecule has 2 aliphatic rings. The van der Waals surface area contributed by atoms with Gasteiger partial charge in [-0.1, -0.05) is 0 Å². The normalized spacial score (nSPS) is 35.2. The van der Waals surface area contributed by atoms with E-state index in [1.54, 1.807) is 0 Å². The van der Waals surface area contributed by atoms with Crippen molar-refractivity contribution in [3.05, 3.63) is 0 Å². The Morgan fingerprint density at radius 1 is 1.62 bits per heavy atom. The van der Waals surface area contributed by atoms with Crippen LogP contribution in [0.4, 0.5) is 0 Å². The molecule has 3 atom stereocenters. The lowest BCUT2D eigenvalue weighted by molar-refractivity contribution is -0.138. The predicted molar refractivity (Wildman–Crippen MR) is 49.5 cm³/mol. The fraction of sp³-hybridized carbons (Fsp3) is 0.900. The largest absolute Gasteiger partial charge is 0.481 e. The Labute approximate surface area is 78.7 Å². The number of hydrogen-bond donors (Lipinski definition) is 1. The summed E-state index contributed by atoms with van der Waals surface area (Å²) in [4.78, 5) is 12.9. The van der Waals surface area contributed by atoms with Crippen molar-refractivity contribution >= 4 is 5.97 Å². The van der Waals surface area contributed by atoms with Gasteiger partial charge < -0.3 is 5.11 Å². The number of piperidine rings is 1. The molecule has 1 saturated heterocycles. The van der Waals surface area contributed by atoms with Gasteiger partial charge in [0.2, 0.25) is 0 Å². The van der Waals surface area contributed by atoms with E-state index in [2.05, 4.69) is 4.90 Å². The Kier molecular flexibility index (Phi) is 2.28. The van der Waals surface area contributed by atoms with E-state index in [1.165, 1.54) is 19.3 Å². The van der Waals surface area contributed by atoms with Gasteiger partial charge >= 0.3 is 5.97 Å². The van der Waals surface area contributed by atoms with Crippen molar-refractivity contribution in [2.24, 2.45) is 5.92 Å². The highest BCUT2D eigenvalue weighted by Crippen LogP contribution is 2.38. The molecular formula is C10H17NO2. The SMILES string of the molecule is CC(CC(=O)O)N1CC2CCC1C2. The molecule has 2 rings (SSSR count). The van der Waals surface area contributed by atoms with E-state index in [-0.39, 0.29) is 6.04 Å². The first kappa shape index (κ1) is 9.00. The summed E-state index contributed by atoms with van der Waals surface area (Å²) in [6.07, 6.45) is 4.25. The van der Waals surface area contributed by atoms with E-state index >= 15 is 0 Å². The average molecular weight is 183 g/mol. The van der Waals surface area contributed by atoms with Crippen molar-refractivity contribution in [2.75, 3.05) is 6.54 Å². The summed E-state index contributed by atoms with van der Waals surface area (Å²) in [6, 6.07) is 0.923. The van der Waals surface area contributed by atoms with E-state index < -0.39 is 5.97 Å². The van der Waals surface area contributed by atoms with Crippen LogP contribution in [0.5, 0.6) is 0 Å². The molecule has 1 aliphatic heterocycles. The molecule has 0 aromatic heterocycles.